The molecule has 0 aliphatic carbocycles. The summed E-state index contributed by atoms with van der Waals surface area (Å²) in [4.78, 5) is 33.8. The number of carbonyl (C=O) groups is 1. The molecule has 5 rings (SSSR count). The molecule has 1 saturated heterocycles. The second-order valence-electron chi connectivity index (χ2n) is 11.4. The largest absolute Gasteiger partial charge is 0.417 e. The van der Waals surface area contributed by atoms with Crippen LogP contribution in [0.15, 0.2) is 66.0 Å². The number of carbonyl (C=O) groups excluding carboxylic acids is 1. The predicted molar refractivity (Wildman–Crippen MR) is 165 cm³/mol. The highest BCUT2D eigenvalue weighted by atomic mass is 31.2. The highest BCUT2D eigenvalue weighted by molar-refractivity contribution is 7.70. The molecule has 13 heteroatoms. The molecule has 7 nitrogen and oxygen atoms in total. The van der Waals surface area contributed by atoms with E-state index in [0.29, 0.717) is 16.9 Å². The average Bonchev–Trinajstić information content (AvgIpc) is 2.96. The van der Waals surface area contributed by atoms with Crippen LogP contribution in [-0.4, -0.2) is 59.4 Å². The molecule has 0 unspecified atom stereocenters. The lowest BCUT2D eigenvalue weighted by atomic mass is 9.96. The van der Waals surface area contributed by atoms with Crippen molar-refractivity contribution in [1.29, 1.82) is 0 Å². The van der Waals surface area contributed by atoms with E-state index in [-0.39, 0.29) is 47.9 Å². The van der Waals surface area contributed by atoms with Crippen molar-refractivity contribution in [1.82, 2.24) is 14.5 Å². The van der Waals surface area contributed by atoms with Crippen LogP contribution in [0, 0.1) is 18.6 Å². The van der Waals surface area contributed by atoms with Gasteiger partial charge >= 0.3 is 11.9 Å². The zero-order chi connectivity index (χ0) is 33.0. The molecule has 1 atom stereocenters. The van der Waals surface area contributed by atoms with E-state index in [2.05, 4.69) is 11.6 Å². The summed E-state index contributed by atoms with van der Waals surface area (Å²) in [5, 5.41) is 0.366. The molecule has 3 aromatic carbocycles. The Kier molecular flexibility index (Phi) is 8.24. The number of aromatic nitrogens is 2. The van der Waals surface area contributed by atoms with Gasteiger partial charge in [-0.05, 0) is 69.1 Å². The third-order valence-corrected chi connectivity index (χ3v) is 9.48. The van der Waals surface area contributed by atoms with Crippen molar-refractivity contribution in [2.45, 2.75) is 26.1 Å². The van der Waals surface area contributed by atoms with Crippen LogP contribution in [0.25, 0.3) is 27.7 Å². The second kappa shape index (κ2) is 11.6. The lowest BCUT2D eigenvalue weighted by Crippen LogP contribution is -2.54. The third-order valence-electron chi connectivity index (χ3n) is 7.95. The molecule has 1 aliphatic rings. The molecule has 0 saturated carbocycles. The molecule has 236 valence electrons. The molecule has 0 spiro atoms. The summed E-state index contributed by atoms with van der Waals surface area (Å²) in [7, 11) is -3.06. The van der Waals surface area contributed by atoms with Gasteiger partial charge in [0.1, 0.15) is 24.6 Å². The number of piperazine rings is 1. The van der Waals surface area contributed by atoms with Crippen LogP contribution in [-0.2, 0) is 15.5 Å². The number of amides is 1. The highest BCUT2D eigenvalue weighted by Gasteiger charge is 2.36. The first kappa shape index (κ1) is 32.1. The number of fused-ring (bicyclic) bond motifs is 1. The summed E-state index contributed by atoms with van der Waals surface area (Å²) >= 11 is 0. The molecule has 0 N–H and O–H groups in total. The van der Waals surface area contributed by atoms with Gasteiger partial charge in [-0.3, -0.25) is 9.36 Å². The first-order valence-electron chi connectivity index (χ1n) is 14.0. The number of hydrogen-bond acceptors (Lipinski definition) is 5. The molecular weight excluding hydrogens is 614 g/mol. The summed E-state index contributed by atoms with van der Waals surface area (Å²) in [6, 6.07) is 8.80. The second-order valence-corrected chi connectivity index (χ2v) is 14.6. The van der Waals surface area contributed by atoms with Crippen LogP contribution >= 0.6 is 7.14 Å². The van der Waals surface area contributed by atoms with Gasteiger partial charge in [0.15, 0.2) is 0 Å². The maximum Gasteiger partial charge on any atom is 0.417 e. The Morgan fingerprint density at radius 2 is 1.76 bits per heavy atom. The van der Waals surface area contributed by atoms with Crippen molar-refractivity contribution in [2.24, 2.45) is 0 Å². The molecule has 1 aliphatic heterocycles. The smallest absolute Gasteiger partial charge is 0.350 e. The molecule has 1 fully saturated rings. The van der Waals surface area contributed by atoms with Gasteiger partial charge < -0.3 is 14.4 Å². The number of alkyl halides is 3. The minimum absolute atomic E-state index is 0.0470. The van der Waals surface area contributed by atoms with Crippen LogP contribution in [0.2, 0.25) is 0 Å². The normalized spacial score (nSPS) is 15.9. The lowest BCUT2D eigenvalue weighted by molar-refractivity contribution is -0.137. The Bertz CT molecular complexity index is 1970. The minimum atomic E-state index is -5.01. The Hall–Kier alpha value is -4.31. The number of para-hydroxylation sites is 1. The van der Waals surface area contributed by atoms with Crippen LogP contribution < -0.4 is 15.9 Å². The highest BCUT2D eigenvalue weighted by Crippen LogP contribution is 2.42. The van der Waals surface area contributed by atoms with E-state index >= 15 is 8.78 Å². The first-order chi connectivity index (χ1) is 21.0. The molecule has 0 bridgehead atoms. The summed E-state index contributed by atoms with van der Waals surface area (Å²) in [5.41, 5.74) is -3.32. The number of anilines is 1. The molecule has 2 heterocycles. The summed E-state index contributed by atoms with van der Waals surface area (Å²) in [6.07, 6.45) is -3.83. The molecule has 4 aromatic rings. The Balaban J connectivity index is 1.89. The predicted octanol–water partition coefficient (Wildman–Crippen LogP) is 6.13. The van der Waals surface area contributed by atoms with Gasteiger partial charge in [0.05, 0.1) is 16.8 Å². The number of rotatable bonds is 5. The van der Waals surface area contributed by atoms with Crippen molar-refractivity contribution >= 4 is 35.1 Å². The fourth-order valence-corrected chi connectivity index (χ4v) is 7.09. The van der Waals surface area contributed by atoms with E-state index in [1.54, 1.807) is 41.8 Å². The number of hydrogen-bond donors (Lipinski definition) is 0. The van der Waals surface area contributed by atoms with Crippen molar-refractivity contribution in [3.05, 3.63) is 94.4 Å². The van der Waals surface area contributed by atoms with E-state index < -0.39 is 53.4 Å². The Morgan fingerprint density at radius 1 is 1.07 bits per heavy atom. The number of halogens is 5. The van der Waals surface area contributed by atoms with Crippen LogP contribution in [0.5, 0.6) is 0 Å². The van der Waals surface area contributed by atoms with Crippen LogP contribution in [0.1, 0.15) is 18.1 Å². The monoisotopic (exact) mass is 644 g/mol. The first-order valence-corrected chi connectivity index (χ1v) is 16.6. The number of nitrogens with zero attached hydrogens (tertiary/aromatic N) is 4. The maximum absolute atomic E-state index is 16.0. The van der Waals surface area contributed by atoms with Crippen molar-refractivity contribution in [2.75, 3.05) is 37.9 Å². The van der Waals surface area contributed by atoms with Gasteiger partial charge in [0, 0.05) is 47.5 Å². The summed E-state index contributed by atoms with van der Waals surface area (Å²) < 4.78 is 87.8. The van der Waals surface area contributed by atoms with Crippen molar-refractivity contribution in [3.8, 4) is 16.8 Å². The fourth-order valence-electron chi connectivity index (χ4n) is 5.86. The van der Waals surface area contributed by atoms with Gasteiger partial charge in [-0.2, -0.15) is 18.2 Å². The van der Waals surface area contributed by atoms with E-state index in [1.807, 2.05) is 0 Å². The van der Waals surface area contributed by atoms with Gasteiger partial charge in [-0.15, -0.1) is 0 Å². The number of aryl methyl sites for hydroxylation is 1. The molecule has 45 heavy (non-hydrogen) atoms. The Labute approximate surface area is 256 Å². The SMILES string of the molecule is C=CC(=O)N1CCN(c2nc(=O)n(-c3c(C)cccc3P(C)(C)=O)c3cc(-c4c(F)cccc4C(F)(F)F)c(F)cc23)[C@@H](C)C1. The lowest BCUT2D eigenvalue weighted by Gasteiger charge is -2.40. The zero-order valence-electron chi connectivity index (χ0n) is 25.0. The van der Waals surface area contributed by atoms with E-state index in [4.69, 9.17) is 0 Å². The van der Waals surface area contributed by atoms with E-state index in [1.165, 1.54) is 19.4 Å². The zero-order valence-corrected chi connectivity index (χ0v) is 25.8. The quantitative estimate of drug-likeness (QED) is 0.149. The topological polar surface area (TPSA) is 75.5 Å². The van der Waals surface area contributed by atoms with Gasteiger partial charge in [-0.1, -0.05) is 24.8 Å². The minimum Gasteiger partial charge on any atom is -0.350 e. The third kappa shape index (κ3) is 5.79. The summed E-state index contributed by atoms with van der Waals surface area (Å²) in [6.45, 7) is 10.7. The van der Waals surface area contributed by atoms with Gasteiger partial charge in [-0.25, -0.2) is 13.6 Å². The summed E-state index contributed by atoms with van der Waals surface area (Å²) in [5.74, 6) is -2.70. The van der Waals surface area contributed by atoms with Crippen LogP contribution in [0.3, 0.4) is 0 Å². The van der Waals surface area contributed by atoms with E-state index in [9.17, 15) is 27.3 Å². The standard InChI is InChI=1S/C32H30F5N4O3P/c1-6-27(42)39-13-14-40(19(3)17-39)30-21-15-24(34)20(28-22(32(35,36)37)10-8-11-23(28)33)16-25(21)41(31(43)38-30)29-18(2)9-7-12-26(29)45(4,5)44/h6-12,15-16,19H,1,13-14,17H2,2-5H3/t19-/m0/s1. The number of benzene rings is 3. The van der Waals surface area contributed by atoms with Crippen molar-refractivity contribution < 1.29 is 31.3 Å². The van der Waals surface area contributed by atoms with Crippen molar-refractivity contribution in [3.63, 3.8) is 0 Å². The van der Waals surface area contributed by atoms with Gasteiger partial charge in [0.2, 0.25) is 5.91 Å². The van der Waals surface area contributed by atoms with Crippen LogP contribution in [0.4, 0.5) is 27.8 Å². The fraction of sp³-hybridized carbons (Fsp3) is 0.281. The molecule has 1 amide bonds. The van der Waals surface area contributed by atoms with E-state index in [0.717, 1.165) is 28.8 Å². The average molecular weight is 645 g/mol. The molecule has 0 radical (unpaired) electrons. The molecule has 1 aromatic heterocycles. The molecular formula is C32H30F5N4O3P. The van der Waals surface area contributed by atoms with Gasteiger partial charge in [0.25, 0.3) is 0 Å². The Morgan fingerprint density at radius 3 is 2.38 bits per heavy atom. The maximum atomic E-state index is 16.0.